The smallest absolute Gasteiger partial charge is 0.243 e. The van der Waals surface area contributed by atoms with Crippen molar-refractivity contribution in [3.8, 4) is 0 Å². The molecule has 0 saturated carbocycles. The number of benzene rings is 1. The van der Waals surface area contributed by atoms with Crippen LogP contribution < -0.4 is 10.6 Å². The molecular weight excluding hydrogens is 501 g/mol. The van der Waals surface area contributed by atoms with E-state index in [-0.39, 0.29) is 36.4 Å². The SMILES string of the molecule is CC(CNC(=NCC(=O)N(C)C)NCCN1CCOCC1)Sc1ccccc1.I. The predicted octanol–water partition coefficient (Wildman–Crippen LogP) is 1.74. The molecule has 1 unspecified atom stereocenters. The molecule has 1 aliphatic heterocycles. The Bertz CT molecular complexity index is 612. The number of halogens is 1. The lowest BCUT2D eigenvalue weighted by molar-refractivity contribution is -0.127. The van der Waals surface area contributed by atoms with Crippen molar-refractivity contribution in [3.05, 3.63) is 30.3 Å². The van der Waals surface area contributed by atoms with Crippen LogP contribution >= 0.6 is 35.7 Å². The zero-order valence-corrected chi connectivity index (χ0v) is 20.7. The topological polar surface area (TPSA) is 69.2 Å². The van der Waals surface area contributed by atoms with E-state index in [4.69, 9.17) is 4.74 Å². The number of carbonyl (C=O) groups excluding carboxylic acids is 1. The first-order valence-corrected chi connectivity index (χ1v) is 10.7. The highest BCUT2D eigenvalue weighted by atomic mass is 127. The van der Waals surface area contributed by atoms with Crippen LogP contribution in [-0.2, 0) is 9.53 Å². The van der Waals surface area contributed by atoms with E-state index in [1.807, 2.05) is 17.8 Å². The van der Waals surface area contributed by atoms with Crippen LogP contribution in [0, 0.1) is 0 Å². The molecule has 0 aromatic heterocycles. The summed E-state index contributed by atoms with van der Waals surface area (Å²) in [6.07, 6.45) is 0. The Balaban J connectivity index is 0.00000420. The molecule has 0 aliphatic carbocycles. The van der Waals surface area contributed by atoms with E-state index in [1.165, 1.54) is 4.90 Å². The summed E-state index contributed by atoms with van der Waals surface area (Å²) in [5.41, 5.74) is 0. The third kappa shape index (κ3) is 11.1. The Morgan fingerprint density at radius 1 is 1.24 bits per heavy atom. The molecule has 9 heteroatoms. The van der Waals surface area contributed by atoms with Gasteiger partial charge in [-0.3, -0.25) is 9.69 Å². The maximum absolute atomic E-state index is 11.9. The number of thioether (sulfide) groups is 1. The van der Waals surface area contributed by atoms with Gasteiger partial charge >= 0.3 is 0 Å². The van der Waals surface area contributed by atoms with Gasteiger partial charge in [-0.2, -0.15) is 0 Å². The maximum atomic E-state index is 11.9. The first kappa shape index (κ1) is 26.0. The first-order chi connectivity index (χ1) is 13.5. The summed E-state index contributed by atoms with van der Waals surface area (Å²) in [6, 6.07) is 10.4. The van der Waals surface area contributed by atoms with E-state index < -0.39 is 0 Å². The number of aliphatic imine (C=N–C) groups is 1. The highest BCUT2D eigenvalue weighted by Gasteiger charge is 2.11. The molecule has 2 N–H and O–H groups in total. The fourth-order valence-electron chi connectivity index (χ4n) is 2.63. The molecule has 7 nitrogen and oxygen atoms in total. The standard InChI is InChI=1S/C20H33N5O2S.HI/c1-17(28-18-7-5-4-6-8-18)15-22-20(23-16-19(26)24(2)3)21-9-10-25-11-13-27-14-12-25;/h4-8,17H,9-16H2,1-3H3,(H2,21,22,23);1H. The number of hydrogen-bond acceptors (Lipinski definition) is 5. The van der Waals surface area contributed by atoms with Crippen LogP contribution in [0.3, 0.4) is 0 Å². The van der Waals surface area contributed by atoms with Gasteiger partial charge in [-0.05, 0) is 12.1 Å². The quantitative estimate of drug-likeness (QED) is 0.218. The number of morpholine rings is 1. The number of ether oxygens (including phenoxy) is 1. The van der Waals surface area contributed by atoms with Crippen LogP contribution in [0.5, 0.6) is 0 Å². The number of nitrogens with one attached hydrogen (secondary N) is 2. The van der Waals surface area contributed by atoms with Crippen molar-refractivity contribution in [2.45, 2.75) is 17.1 Å². The summed E-state index contributed by atoms with van der Waals surface area (Å²) >= 11 is 1.82. The summed E-state index contributed by atoms with van der Waals surface area (Å²) in [5, 5.41) is 7.11. The molecule has 29 heavy (non-hydrogen) atoms. The lowest BCUT2D eigenvalue weighted by Gasteiger charge is -2.27. The Kier molecular flexibility index (Phi) is 13.3. The number of rotatable bonds is 9. The monoisotopic (exact) mass is 535 g/mol. The number of likely N-dealkylation sites (N-methyl/N-ethyl adjacent to an activating group) is 1. The second-order valence-electron chi connectivity index (χ2n) is 6.96. The largest absolute Gasteiger partial charge is 0.379 e. The van der Waals surface area contributed by atoms with Crippen molar-refractivity contribution in [2.24, 2.45) is 4.99 Å². The molecule has 1 heterocycles. The molecule has 0 radical (unpaired) electrons. The van der Waals surface area contributed by atoms with Gasteiger partial charge in [0.1, 0.15) is 6.54 Å². The van der Waals surface area contributed by atoms with Crippen molar-refractivity contribution in [1.29, 1.82) is 0 Å². The van der Waals surface area contributed by atoms with E-state index in [1.54, 1.807) is 19.0 Å². The predicted molar refractivity (Wildman–Crippen MR) is 131 cm³/mol. The number of amides is 1. The molecule has 1 aromatic rings. The van der Waals surface area contributed by atoms with Gasteiger partial charge in [-0.15, -0.1) is 35.7 Å². The van der Waals surface area contributed by atoms with Gasteiger partial charge in [-0.1, -0.05) is 25.1 Å². The Morgan fingerprint density at radius 3 is 2.59 bits per heavy atom. The normalized spacial score (nSPS) is 15.9. The lowest BCUT2D eigenvalue weighted by Crippen LogP contribution is -2.45. The lowest BCUT2D eigenvalue weighted by atomic mass is 10.4. The summed E-state index contributed by atoms with van der Waals surface area (Å²) in [4.78, 5) is 21.5. The van der Waals surface area contributed by atoms with Gasteiger partial charge in [0.25, 0.3) is 0 Å². The van der Waals surface area contributed by atoms with Crippen LogP contribution in [0.1, 0.15) is 6.92 Å². The number of guanidine groups is 1. The third-order valence-corrected chi connectivity index (χ3v) is 5.45. The summed E-state index contributed by atoms with van der Waals surface area (Å²) < 4.78 is 5.39. The van der Waals surface area contributed by atoms with Gasteiger partial charge in [0.15, 0.2) is 5.96 Å². The second kappa shape index (κ2) is 14.9. The zero-order chi connectivity index (χ0) is 20.2. The highest BCUT2D eigenvalue weighted by Crippen LogP contribution is 2.21. The second-order valence-corrected chi connectivity index (χ2v) is 8.47. The number of carbonyl (C=O) groups is 1. The minimum absolute atomic E-state index is 0. The van der Waals surface area contributed by atoms with Crippen molar-refractivity contribution >= 4 is 47.6 Å². The van der Waals surface area contributed by atoms with Gasteiger partial charge < -0.3 is 20.3 Å². The molecule has 1 fully saturated rings. The number of hydrogen-bond donors (Lipinski definition) is 2. The molecule has 0 spiro atoms. The minimum atomic E-state index is -0.0130. The van der Waals surface area contributed by atoms with Crippen molar-refractivity contribution in [3.63, 3.8) is 0 Å². The molecule has 1 atom stereocenters. The van der Waals surface area contributed by atoms with Crippen LogP contribution in [0.15, 0.2) is 40.2 Å². The average molecular weight is 535 g/mol. The Labute approximate surface area is 196 Å². The van der Waals surface area contributed by atoms with Gasteiger partial charge in [0.05, 0.1) is 13.2 Å². The van der Waals surface area contributed by atoms with Crippen LogP contribution in [0.2, 0.25) is 0 Å². The van der Waals surface area contributed by atoms with E-state index in [9.17, 15) is 4.79 Å². The molecule has 164 valence electrons. The van der Waals surface area contributed by atoms with Crippen molar-refractivity contribution in [2.75, 3.05) is 66.6 Å². The molecule has 1 aliphatic rings. The Hall–Kier alpha value is -1.04. The molecule has 1 saturated heterocycles. The summed E-state index contributed by atoms with van der Waals surface area (Å²) in [7, 11) is 3.49. The van der Waals surface area contributed by atoms with E-state index in [2.05, 4.69) is 51.7 Å². The van der Waals surface area contributed by atoms with E-state index in [0.717, 1.165) is 45.9 Å². The molecule has 0 bridgehead atoms. The van der Waals surface area contributed by atoms with Gasteiger partial charge in [0.2, 0.25) is 5.91 Å². The van der Waals surface area contributed by atoms with E-state index in [0.29, 0.717) is 11.2 Å². The van der Waals surface area contributed by atoms with Crippen LogP contribution in [-0.4, -0.2) is 93.5 Å². The first-order valence-electron chi connectivity index (χ1n) is 9.78. The van der Waals surface area contributed by atoms with Crippen LogP contribution in [0.25, 0.3) is 0 Å². The van der Waals surface area contributed by atoms with E-state index >= 15 is 0 Å². The maximum Gasteiger partial charge on any atom is 0.243 e. The van der Waals surface area contributed by atoms with Crippen molar-refractivity contribution < 1.29 is 9.53 Å². The minimum Gasteiger partial charge on any atom is -0.379 e. The third-order valence-electron chi connectivity index (χ3n) is 4.33. The van der Waals surface area contributed by atoms with Gasteiger partial charge in [0, 0.05) is 57.0 Å². The molecule has 2 rings (SSSR count). The Morgan fingerprint density at radius 2 is 1.93 bits per heavy atom. The molecular formula is C20H34IN5O2S. The highest BCUT2D eigenvalue weighted by molar-refractivity contribution is 14.0. The molecule has 1 aromatic carbocycles. The summed E-state index contributed by atoms with van der Waals surface area (Å²) in [6.45, 7) is 8.31. The fourth-order valence-corrected chi connectivity index (χ4v) is 3.58. The summed E-state index contributed by atoms with van der Waals surface area (Å²) in [5.74, 6) is 0.671. The van der Waals surface area contributed by atoms with Crippen molar-refractivity contribution in [1.82, 2.24) is 20.4 Å². The van der Waals surface area contributed by atoms with Crippen LogP contribution in [0.4, 0.5) is 0 Å². The fraction of sp³-hybridized carbons (Fsp3) is 0.600. The van der Waals surface area contributed by atoms with Gasteiger partial charge in [-0.25, -0.2) is 4.99 Å². The zero-order valence-electron chi connectivity index (χ0n) is 17.6. The molecule has 1 amide bonds. The number of nitrogens with zero attached hydrogens (tertiary/aromatic N) is 3. The average Bonchev–Trinajstić information content (AvgIpc) is 2.70.